The molecule has 8 aliphatic rings. The van der Waals surface area contributed by atoms with Gasteiger partial charge in [0.1, 0.15) is 60.5 Å². The van der Waals surface area contributed by atoms with Crippen LogP contribution in [0.25, 0.3) is 0 Å². The Morgan fingerprint density at radius 2 is 1.48 bits per heavy atom. The van der Waals surface area contributed by atoms with E-state index in [2.05, 4.69) is 46.0 Å². The van der Waals surface area contributed by atoms with Crippen molar-refractivity contribution in [3.8, 4) is 0 Å². The van der Waals surface area contributed by atoms with Gasteiger partial charge in [-0.25, -0.2) is 0 Å². The molecule has 416 valence electrons. The molecule has 73 heavy (non-hydrogen) atoms. The van der Waals surface area contributed by atoms with Crippen LogP contribution in [0.2, 0.25) is 0 Å². The Hall–Kier alpha value is -2.25. The van der Waals surface area contributed by atoms with Gasteiger partial charge in [0.05, 0.1) is 43.0 Å². The second kappa shape index (κ2) is 21.2. The van der Waals surface area contributed by atoms with E-state index < -0.39 is 145 Å². The van der Waals surface area contributed by atoms with Crippen LogP contribution >= 0.6 is 0 Å². The number of allylic oxidation sites excluding steroid dienone is 2. The fourth-order valence-corrected chi connectivity index (χ4v) is 15.7. The first-order valence-electron chi connectivity index (χ1n) is 26.9. The number of carbonyl (C=O) groups excluding carboxylic acids is 3. The zero-order valence-electron chi connectivity index (χ0n) is 43.7. The molecule has 24 atom stereocenters. The summed E-state index contributed by atoms with van der Waals surface area (Å²) in [5.74, 6) is -1.72. The maximum atomic E-state index is 15.6. The Morgan fingerprint density at radius 3 is 2.16 bits per heavy atom. The van der Waals surface area contributed by atoms with Gasteiger partial charge in [-0.3, -0.25) is 9.59 Å². The minimum atomic E-state index is -1.93. The fourth-order valence-electron chi connectivity index (χ4n) is 15.7. The predicted octanol–water partition coefficient (Wildman–Crippen LogP) is 0.600. The first-order valence-corrected chi connectivity index (χ1v) is 26.9. The van der Waals surface area contributed by atoms with E-state index in [9.17, 15) is 55.5 Å². The Balaban J connectivity index is 1.10. The number of nitrogens with two attached hydrogens (primary N) is 1. The highest BCUT2D eigenvalue weighted by molar-refractivity contribution is 5.80. The van der Waals surface area contributed by atoms with Crippen LogP contribution in [0.3, 0.4) is 0 Å². The Kier molecular flexibility index (Phi) is 16.5. The molecular weight excluding hydrogens is 953 g/mol. The number of aliphatic hydroxyl groups is 9. The smallest absolute Gasteiger partial charge is 0.317 e. The Morgan fingerprint density at radius 1 is 0.781 bits per heavy atom. The van der Waals surface area contributed by atoms with Crippen molar-refractivity contribution in [2.24, 2.45) is 56.0 Å². The van der Waals surface area contributed by atoms with Crippen LogP contribution in [-0.4, -0.2) is 182 Å². The third-order valence-electron chi connectivity index (χ3n) is 20.3. The summed E-state index contributed by atoms with van der Waals surface area (Å²) in [5.41, 5.74) is 2.84. The number of rotatable bonds is 14. The summed E-state index contributed by atoms with van der Waals surface area (Å²) < 4.78 is 36.2. The molecule has 0 aromatic heterocycles. The summed E-state index contributed by atoms with van der Waals surface area (Å²) in [6, 6.07) is -1.34. The summed E-state index contributed by atoms with van der Waals surface area (Å²) in [7, 11) is 0. The maximum Gasteiger partial charge on any atom is 0.317 e. The van der Waals surface area contributed by atoms with Crippen molar-refractivity contribution in [2.45, 2.75) is 230 Å². The largest absolute Gasteiger partial charge is 0.432 e. The number of hydrogen-bond acceptors (Lipinski definition) is 19. The van der Waals surface area contributed by atoms with E-state index in [0.29, 0.717) is 51.5 Å². The fraction of sp³-hybridized carbons (Fsp3) is 0.906. The van der Waals surface area contributed by atoms with Crippen molar-refractivity contribution in [2.75, 3.05) is 19.8 Å². The molecule has 1 amide bonds. The van der Waals surface area contributed by atoms with Gasteiger partial charge in [-0.15, -0.1) is 0 Å². The van der Waals surface area contributed by atoms with Crippen LogP contribution in [0.15, 0.2) is 11.6 Å². The van der Waals surface area contributed by atoms with Gasteiger partial charge in [0.15, 0.2) is 18.7 Å². The average Bonchev–Trinajstić information content (AvgIpc) is 3.33. The van der Waals surface area contributed by atoms with Gasteiger partial charge in [-0.05, 0) is 124 Å². The molecule has 7 fully saturated rings. The number of esters is 1. The highest BCUT2D eigenvalue weighted by Gasteiger charge is 2.72. The molecule has 4 saturated carbocycles. The standard InChI is InChI=1S/C53H86N2O18/c1-26-42(71-44-40(65)37(62)29(58)24-68-44)39(64)41(66)45(69-26)72-43-38(63)36(55-35(61)11-9-8-10-20-54)30(23-56)70-46(43)73-47(67)53-19-18-48(2,3)21-28(53)27-12-13-32-49(4)16-15-33(59)50(5,25-57)31(49)14-17-51(32,6)52(27,7)22-34(53)60/h12,25-26,28-34,36-46,56,58-60,62-66H,8-11,13-24,54H2,1-7H3,(H,55,61)/t26-,28?,29-,30-,31+,32?,33?,34+,36?,37?,38?,39?,40?,41?,42?,43?,44+,45+,46+,49?,50?,51-,52-,53?/m1/s1. The topological polar surface area (TPSA) is 327 Å². The highest BCUT2D eigenvalue weighted by Crippen LogP contribution is 2.76. The Bertz CT molecular complexity index is 2030. The van der Waals surface area contributed by atoms with Gasteiger partial charge in [0.2, 0.25) is 12.2 Å². The molecule has 14 unspecified atom stereocenters. The van der Waals surface area contributed by atoms with Crippen molar-refractivity contribution in [1.29, 1.82) is 0 Å². The molecular formula is C53H86N2O18. The number of amides is 1. The van der Waals surface area contributed by atoms with Gasteiger partial charge in [0, 0.05) is 6.42 Å². The molecule has 8 rings (SSSR count). The molecule has 12 N–H and O–H groups in total. The van der Waals surface area contributed by atoms with Crippen LogP contribution in [0.1, 0.15) is 132 Å². The quantitative estimate of drug-likeness (QED) is 0.0491. The van der Waals surface area contributed by atoms with E-state index in [-0.39, 0.29) is 47.3 Å². The summed E-state index contributed by atoms with van der Waals surface area (Å²) in [6.07, 6.45) is -12.8. The number of hydrogen-bond donors (Lipinski definition) is 11. The molecule has 3 aliphatic heterocycles. The molecule has 0 bridgehead atoms. The zero-order valence-corrected chi connectivity index (χ0v) is 43.7. The SMILES string of the molecule is C[C@H]1O[C@@H](OC2C(O)C(NC(=O)CCCCCN)[C@@H](CO)O[C@H]2OC(=O)C23CCC(C)(C)CC2C2=CCC4C5(C)CCC(O)C(C)(C=O)[C@H]5CC[C@@]4(C)[C@]2(C)C[C@@H]3O)C(O)C(O)C1O[C@@H]1OC[C@@H](O)C(O)C1O. The first-order chi connectivity index (χ1) is 34.3. The first kappa shape index (κ1) is 56.9. The van der Waals surface area contributed by atoms with Gasteiger partial charge < -0.3 is 90.2 Å². The number of aldehydes is 1. The maximum absolute atomic E-state index is 15.6. The third kappa shape index (κ3) is 9.59. The third-order valence-corrected chi connectivity index (χ3v) is 20.3. The zero-order chi connectivity index (χ0) is 53.4. The van der Waals surface area contributed by atoms with Gasteiger partial charge in [0.25, 0.3) is 0 Å². The number of ether oxygens (including phenoxy) is 6. The van der Waals surface area contributed by atoms with E-state index in [1.807, 2.05) is 6.92 Å². The summed E-state index contributed by atoms with van der Waals surface area (Å²) >= 11 is 0. The van der Waals surface area contributed by atoms with Crippen LogP contribution in [0.4, 0.5) is 0 Å². The molecule has 0 aromatic rings. The molecule has 20 heteroatoms. The predicted molar refractivity (Wildman–Crippen MR) is 258 cm³/mol. The summed E-state index contributed by atoms with van der Waals surface area (Å²) in [4.78, 5) is 41.7. The summed E-state index contributed by atoms with van der Waals surface area (Å²) in [5, 5.41) is 104. The van der Waals surface area contributed by atoms with Gasteiger partial charge in [-0.1, -0.05) is 59.6 Å². The van der Waals surface area contributed by atoms with Crippen LogP contribution < -0.4 is 11.1 Å². The summed E-state index contributed by atoms with van der Waals surface area (Å²) in [6.45, 7) is 13.8. The second-order valence-corrected chi connectivity index (χ2v) is 25.0. The van der Waals surface area contributed by atoms with Crippen molar-refractivity contribution in [1.82, 2.24) is 5.32 Å². The van der Waals surface area contributed by atoms with Crippen molar-refractivity contribution in [3.05, 3.63) is 11.6 Å². The number of unbranched alkanes of at least 4 members (excludes halogenated alkanes) is 2. The average molecular weight is 1040 g/mol. The second-order valence-electron chi connectivity index (χ2n) is 25.0. The van der Waals surface area contributed by atoms with Gasteiger partial charge >= 0.3 is 5.97 Å². The number of fused-ring (bicyclic) bond motifs is 7. The highest BCUT2D eigenvalue weighted by atomic mass is 16.8. The van der Waals surface area contributed by atoms with E-state index in [4.69, 9.17) is 34.2 Å². The molecule has 5 aliphatic carbocycles. The minimum absolute atomic E-state index is 0.0375. The van der Waals surface area contributed by atoms with Crippen LogP contribution in [-0.2, 0) is 42.8 Å². The molecule has 3 saturated heterocycles. The lowest BCUT2D eigenvalue weighted by molar-refractivity contribution is -0.370. The minimum Gasteiger partial charge on any atom is -0.432 e. The number of nitrogens with one attached hydrogen (secondary N) is 1. The molecule has 20 nitrogen and oxygen atoms in total. The normalized spacial score (nSPS) is 50.5. The lowest BCUT2D eigenvalue weighted by Gasteiger charge is -2.71. The molecule has 0 radical (unpaired) electrons. The van der Waals surface area contributed by atoms with Gasteiger partial charge in [-0.2, -0.15) is 0 Å². The van der Waals surface area contributed by atoms with Crippen LogP contribution in [0.5, 0.6) is 0 Å². The number of aliphatic hydroxyl groups excluding tert-OH is 9. The van der Waals surface area contributed by atoms with Crippen molar-refractivity contribution < 1.29 is 88.8 Å². The molecule has 0 aromatic carbocycles. The molecule has 3 heterocycles. The molecule has 0 spiro atoms. The lowest BCUT2D eigenvalue weighted by Crippen LogP contribution is -2.69. The van der Waals surface area contributed by atoms with E-state index in [1.165, 1.54) is 6.92 Å². The lowest BCUT2D eigenvalue weighted by atomic mass is 9.33. The van der Waals surface area contributed by atoms with Crippen molar-refractivity contribution >= 4 is 18.2 Å². The van der Waals surface area contributed by atoms with E-state index in [0.717, 1.165) is 31.1 Å². The monoisotopic (exact) mass is 1040 g/mol. The van der Waals surface area contributed by atoms with E-state index >= 15 is 4.79 Å². The van der Waals surface area contributed by atoms with Crippen LogP contribution in [0, 0.1) is 50.2 Å². The number of carbonyl (C=O) groups is 3. The van der Waals surface area contributed by atoms with Crippen molar-refractivity contribution in [3.63, 3.8) is 0 Å². The van der Waals surface area contributed by atoms with E-state index in [1.54, 1.807) is 0 Å². The Labute approximate surface area is 428 Å².